The molecule has 1 aliphatic rings. The number of nitrogens with one attached hydrogen (secondary N) is 2. The molecular weight excluding hydrogens is 344 g/mol. The minimum atomic E-state index is -0.290. The van der Waals surface area contributed by atoms with Crippen molar-refractivity contribution < 1.29 is 14.3 Å². The molecule has 4 rings (SSSR count). The van der Waals surface area contributed by atoms with E-state index in [1.54, 1.807) is 0 Å². The summed E-state index contributed by atoms with van der Waals surface area (Å²) in [4.78, 5) is 20.7. The maximum Gasteiger partial charge on any atom is 0.271 e. The Morgan fingerprint density at radius 2 is 1.96 bits per heavy atom. The Labute approximate surface area is 156 Å². The molecule has 3 aromatic rings. The summed E-state index contributed by atoms with van der Waals surface area (Å²) in [5, 5.41) is 5.99. The molecule has 27 heavy (non-hydrogen) atoms. The van der Waals surface area contributed by atoms with Gasteiger partial charge in [0.25, 0.3) is 5.91 Å². The second-order valence-corrected chi connectivity index (χ2v) is 6.15. The molecule has 1 aromatic heterocycles. The van der Waals surface area contributed by atoms with E-state index in [1.807, 2.05) is 49.4 Å². The molecule has 0 aliphatic carbocycles. The number of amides is 1. The van der Waals surface area contributed by atoms with Gasteiger partial charge in [-0.1, -0.05) is 18.2 Å². The van der Waals surface area contributed by atoms with Gasteiger partial charge in [-0.15, -0.1) is 0 Å². The van der Waals surface area contributed by atoms with Crippen LogP contribution in [0.4, 0.5) is 11.5 Å². The first-order valence-corrected chi connectivity index (χ1v) is 8.50. The van der Waals surface area contributed by atoms with Gasteiger partial charge in [-0.3, -0.25) is 4.79 Å². The number of anilines is 2. The third-order valence-corrected chi connectivity index (χ3v) is 4.07. The van der Waals surface area contributed by atoms with E-state index in [9.17, 15) is 4.79 Å². The number of rotatable bonds is 5. The van der Waals surface area contributed by atoms with Gasteiger partial charge in [-0.25, -0.2) is 9.97 Å². The van der Waals surface area contributed by atoms with Crippen molar-refractivity contribution in [1.82, 2.24) is 15.3 Å². The van der Waals surface area contributed by atoms with Crippen LogP contribution in [0.25, 0.3) is 0 Å². The van der Waals surface area contributed by atoms with Gasteiger partial charge < -0.3 is 20.1 Å². The zero-order valence-electron chi connectivity index (χ0n) is 14.7. The lowest BCUT2D eigenvalue weighted by Gasteiger charge is -2.08. The highest BCUT2D eigenvalue weighted by atomic mass is 16.7. The molecule has 7 nitrogen and oxygen atoms in total. The highest BCUT2D eigenvalue weighted by Crippen LogP contribution is 2.32. The van der Waals surface area contributed by atoms with E-state index in [0.29, 0.717) is 23.9 Å². The lowest BCUT2D eigenvalue weighted by Crippen LogP contribution is -2.24. The highest BCUT2D eigenvalue weighted by molar-refractivity contribution is 5.92. The summed E-state index contributed by atoms with van der Waals surface area (Å²) >= 11 is 0. The molecule has 1 amide bonds. The van der Waals surface area contributed by atoms with E-state index < -0.39 is 0 Å². The molecule has 2 aromatic carbocycles. The number of ether oxygens (including phenoxy) is 2. The fraction of sp³-hybridized carbons (Fsp3) is 0.150. The standard InChI is InChI=1S/C20H18N4O3/c1-13-3-2-4-15(7-13)24-19-11-21-16(10-22-19)20(25)23-9-14-5-6-17-18(8-14)27-12-26-17/h2-8,10-11H,9,12H2,1H3,(H,22,24)(H,23,25). The fourth-order valence-corrected chi connectivity index (χ4v) is 2.70. The van der Waals surface area contributed by atoms with Gasteiger partial charge in [0.15, 0.2) is 11.5 Å². The van der Waals surface area contributed by atoms with Crippen LogP contribution in [0.15, 0.2) is 54.9 Å². The largest absolute Gasteiger partial charge is 0.454 e. The summed E-state index contributed by atoms with van der Waals surface area (Å²) in [5.74, 6) is 1.69. The smallest absolute Gasteiger partial charge is 0.271 e. The van der Waals surface area contributed by atoms with E-state index in [-0.39, 0.29) is 18.4 Å². The Balaban J connectivity index is 1.36. The predicted molar refractivity (Wildman–Crippen MR) is 100 cm³/mol. The van der Waals surface area contributed by atoms with Gasteiger partial charge in [-0.05, 0) is 42.3 Å². The molecule has 2 heterocycles. The number of fused-ring (bicyclic) bond motifs is 1. The predicted octanol–water partition coefficient (Wildman–Crippen LogP) is 3.19. The Hall–Kier alpha value is -3.61. The van der Waals surface area contributed by atoms with E-state index in [4.69, 9.17) is 9.47 Å². The van der Waals surface area contributed by atoms with E-state index >= 15 is 0 Å². The van der Waals surface area contributed by atoms with Crippen LogP contribution in [0.1, 0.15) is 21.6 Å². The Morgan fingerprint density at radius 3 is 2.78 bits per heavy atom. The van der Waals surface area contributed by atoms with Crippen molar-refractivity contribution in [2.75, 3.05) is 12.1 Å². The molecule has 1 aliphatic heterocycles. The van der Waals surface area contributed by atoms with E-state index in [1.165, 1.54) is 12.4 Å². The number of aryl methyl sites for hydroxylation is 1. The Kier molecular flexibility index (Phi) is 4.57. The monoisotopic (exact) mass is 362 g/mol. The molecule has 0 spiro atoms. The Morgan fingerprint density at radius 1 is 1.07 bits per heavy atom. The summed E-state index contributed by atoms with van der Waals surface area (Å²) in [7, 11) is 0. The summed E-state index contributed by atoms with van der Waals surface area (Å²) in [6.07, 6.45) is 2.99. The van der Waals surface area contributed by atoms with Gasteiger partial charge in [0.1, 0.15) is 11.5 Å². The first-order valence-electron chi connectivity index (χ1n) is 8.50. The molecule has 0 radical (unpaired) electrons. The third kappa shape index (κ3) is 3.98. The van der Waals surface area contributed by atoms with Crippen LogP contribution in [0.3, 0.4) is 0 Å². The topological polar surface area (TPSA) is 85.4 Å². The summed E-state index contributed by atoms with van der Waals surface area (Å²) in [5.41, 5.74) is 3.24. The minimum absolute atomic E-state index is 0.226. The van der Waals surface area contributed by atoms with Crippen LogP contribution >= 0.6 is 0 Å². The summed E-state index contributed by atoms with van der Waals surface area (Å²) < 4.78 is 10.6. The number of carbonyl (C=O) groups excluding carboxylic acids is 1. The van der Waals surface area contributed by atoms with Crippen molar-refractivity contribution >= 4 is 17.4 Å². The molecule has 0 atom stereocenters. The minimum Gasteiger partial charge on any atom is -0.454 e. The maximum absolute atomic E-state index is 12.3. The second-order valence-electron chi connectivity index (χ2n) is 6.15. The first kappa shape index (κ1) is 16.8. The molecular formula is C20H18N4O3. The summed E-state index contributed by atoms with van der Waals surface area (Å²) in [6.45, 7) is 2.61. The fourth-order valence-electron chi connectivity index (χ4n) is 2.70. The van der Waals surface area contributed by atoms with Crippen molar-refractivity contribution in [3.05, 3.63) is 71.7 Å². The van der Waals surface area contributed by atoms with Crippen LogP contribution in [-0.4, -0.2) is 22.7 Å². The Bertz CT molecular complexity index is 973. The average Bonchev–Trinajstić information content (AvgIpc) is 3.14. The number of benzene rings is 2. The van der Waals surface area contributed by atoms with Gasteiger partial charge in [0.05, 0.1) is 12.4 Å². The van der Waals surface area contributed by atoms with Crippen molar-refractivity contribution in [3.8, 4) is 11.5 Å². The van der Waals surface area contributed by atoms with Gasteiger partial charge in [0.2, 0.25) is 6.79 Å². The molecule has 0 unspecified atom stereocenters. The van der Waals surface area contributed by atoms with Crippen molar-refractivity contribution in [2.24, 2.45) is 0 Å². The number of hydrogen-bond acceptors (Lipinski definition) is 6. The quantitative estimate of drug-likeness (QED) is 0.725. The average molecular weight is 362 g/mol. The van der Waals surface area contributed by atoms with Crippen LogP contribution in [-0.2, 0) is 6.54 Å². The van der Waals surface area contributed by atoms with Crippen molar-refractivity contribution in [3.63, 3.8) is 0 Å². The molecule has 2 N–H and O–H groups in total. The molecule has 0 saturated carbocycles. The van der Waals surface area contributed by atoms with Crippen LogP contribution < -0.4 is 20.1 Å². The van der Waals surface area contributed by atoms with Crippen molar-refractivity contribution in [1.29, 1.82) is 0 Å². The highest BCUT2D eigenvalue weighted by Gasteiger charge is 2.14. The number of nitrogens with zero attached hydrogens (tertiary/aromatic N) is 2. The van der Waals surface area contributed by atoms with Crippen LogP contribution in [0, 0.1) is 6.92 Å². The van der Waals surface area contributed by atoms with E-state index in [2.05, 4.69) is 20.6 Å². The SMILES string of the molecule is Cc1cccc(Nc2cnc(C(=O)NCc3ccc4c(c3)OCO4)cn2)c1. The zero-order chi connectivity index (χ0) is 18.6. The molecule has 7 heteroatoms. The number of carbonyl (C=O) groups is 1. The van der Waals surface area contributed by atoms with Crippen LogP contribution in [0.2, 0.25) is 0 Å². The molecule has 0 fully saturated rings. The zero-order valence-corrected chi connectivity index (χ0v) is 14.7. The first-order chi connectivity index (χ1) is 13.2. The van der Waals surface area contributed by atoms with E-state index in [0.717, 1.165) is 16.8 Å². The van der Waals surface area contributed by atoms with Gasteiger partial charge in [-0.2, -0.15) is 0 Å². The molecule has 0 saturated heterocycles. The van der Waals surface area contributed by atoms with Crippen LogP contribution in [0.5, 0.6) is 11.5 Å². The molecule has 136 valence electrons. The maximum atomic E-state index is 12.3. The molecule has 0 bridgehead atoms. The normalized spacial score (nSPS) is 11.9. The second kappa shape index (κ2) is 7.33. The van der Waals surface area contributed by atoms with Crippen molar-refractivity contribution in [2.45, 2.75) is 13.5 Å². The lowest BCUT2D eigenvalue weighted by atomic mass is 10.2. The van der Waals surface area contributed by atoms with Gasteiger partial charge >= 0.3 is 0 Å². The van der Waals surface area contributed by atoms with Gasteiger partial charge in [0, 0.05) is 12.2 Å². The lowest BCUT2D eigenvalue weighted by molar-refractivity contribution is 0.0945. The summed E-state index contributed by atoms with van der Waals surface area (Å²) in [6, 6.07) is 13.5. The number of aromatic nitrogens is 2. The third-order valence-electron chi connectivity index (χ3n) is 4.07. The number of hydrogen-bond donors (Lipinski definition) is 2.